The van der Waals surface area contributed by atoms with Crippen molar-refractivity contribution in [3.63, 3.8) is 0 Å². The maximum absolute atomic E-state index is 4.63. The number of thiazole rings is 1. The van der Waals surface area contributed by atoms with Gasteiger partial charge in [-0.25, -0.2) is 4.98 Å². The normalized spacial score (nSPS) is 11.5. The Morgan fingerprint density at radius 1 is 1.09 bits per heavy atom. The summed E-state index contributed by atoms with van der Waals surface area (Å²) < 4.78 is 0. The van der Waals surface area contributed by atoms with Gasteiger partial charge in [-0.15, -0.1) is 11.3 Å². The van der Waals surface area contributed by atoms with E-state index in [1.54, 1.807) is 23.7 Å². The van der Waals surface area contributed by atoms with Gasteiger partial charge in [0.25, 0.3) is 0 Å². The molecular formula is C17H16N4S. The molecule has 0 bridgehead atoms. The van der Waals surface area contributed by atoms with E-state index in [4.69, 9.17) is 0 Å². The van der Waals surface area contributed by atoms with Gasteiger partial charge in [0.05, 0.1) is 11.4 Å². The molecule has 0 fully saturated rings. The summed E-state index contributed by atoms with van der Waals surface area (Å²) in [7, 11) is 0. The van der Waals surface area contributed by atoms with Crippen LogP contribution in [0.15, 0.2) is 60.0 Å². The fraction of sp³-hybridized carbons (Fsp3) is 0.118. The lowest BCUT2D eigenvalue weighted by Gasteiger charge is -2.00. The molecule has 0 aliphatic carbocycles. The lowest BCUT2D eigenvalue weighted by Crippen LogP contribution is -1.99. The topological polar surface area (TPSA) is 50.2 Å². The minimum atomic E-state index is 0.796. The van der Waals surface area contributed by atoms with Gasteiger partial charge in [-0.2, -0.15) is 5.10 Å². The zero-order valence-electron chi connectivity index (χ0n) is 12.4. The van der Waals surface area contributed by atoms with E-state index in [-0.39, 0.29) is 0 Å². The second kappa shape index (κ2) is 6.49. The van der Waals surface area contributed by atoms with Crippen molar-refractivity contribution in [2.24, 2.45) is 5.10 Å². The molecule has 3 aromatic rings. The van der Waals surface area contributed by atoms with E-state index >= 15 is 0 Å². The second-order valence-electron chi connectivity index (χ2n) is 4.83. The van der Waals surface area contributed by atoms with Gasteiger partial charge in [0, 0.05) is 28.4 Å². The van der Waals surface area contributed by atoms with Crippen LogP contribution in [-0.2, 0) is 0 Å². The highest BCUT2D eigenvalue weighted by molar-refractivity contribution is 7.15. The Kier molecular flexibility index (Phi) is 4.25. The van der Waals surface area contributed by atoms with E-state index in [0.717, 1.165) is 27.7 Å². The maximum Gasteiger partial charge on any atom is 0.204 e. The molecule has 1 aromatic carbocycles. The molecule has 0 atom stereocenters. The van der Waals surface area contributed by atoms with Crippen molar-refractivity contribution in [3.05, 3.63) is 65.3 Å². The summed E-state index contributed by atoms with van der Waals surface area (Å²) in [5, 5.41) is 5.20. The Hall–Kier alpha value is -2.53. The first-order valence-electron chi connectivity index (χ1n) is 6.97. The number of pyridine rings is 1. The van der Waals surface area contributed by atoms with E-state index in [1.165, 1.54) is 4.88 Å². The molecule has 0 aliphatic heterocycles. The van der Waals surface area contributed by atoms with Gasteiger partial charge in [-0.3, -0.25) is 10.4 Å². The molecule has 110 valence electrons. The first-order valence-corrected chi connectivity index (χ1v) is 7.79. The van der Waals surface area contributed by atoms with Crippen LogP contribution in [0, 0.1) is 6.92 Å². The minimum Gasteiger partial charge on any atom is -0.265 e. The molecule has 0 unspecified atom stereocenters. The minimum absolute atomic E-state index is 0.796. The van der Waals surface area contributed by atoms with Gasteiger partial charge in [0.15, 0.2) is 0 Å². The average molecular weight is 308 g/mol. The molecule has 0 radical (unpaired) electrons. The average Bonchev–Trinajstić information content (AvgIpc) is 2.95. The second-order valence-corrected chi connectivity index (χ2v) is 6.04. The van der Waals surface area contributed by atoms with Crippen molar-refractivity contribution in [1.82, 2.24) is 9.97 Å². The molecule has 0 amide bonds. The standard InChI is InChI=1S/C17H16N4S/c1-12(14-8-10-18-11-9-14)20-21-17-19-16(13(2)22-17)15-6-4-3-5-7-15/h3-11H,1-2H3,(H,19,21)/b20-12-. The van der Waals surface area contributed by atoms with Crippen LogP contribution in [0.25, 0.3) is 11.3 Å². The van der Waals surface area contributed by atoms with Crippen LogP contribution < -0.4 is 5.43 Å². The molecule has 2 aromatic heterocycles. The van der Waals surface area contributed by atoms with Crippen LogP contribution in [0.3, 0.4) is 0 Å². The number of rotatable bonds is 4. The summed E-state index contributed by atoms with van der Waals surface area (Å²) in [5.74, 6) is 0. The monoisotopic (exact) mass is 308 g/mol. The van der Waals surface area contributed by atoms with Crippen molar-refractivity contribution in [2.75, 3.05) is 5.43 Å². The van der Waals surface area contributed by atoms with Crippen molar-refractivity contribution in [2.45, 2.75) is 13.8 Å². The highest BCUT2D eigenvalue weighted by atomic mass is 32.1. The number of nitrogens with one attached hydrogen (secondary N) is 1. The highest BCUT2D eigenvalue weighted by Gasteiger charge is 2.09. The van der Waals surface area contributed by atoms with Crippen LogP contribution in [0.4, 0.5) is 5.13 Å². The van der Waals surface area contributed by atoms with E-state index in [1.807, 2.05) is 37.3 Å². The molecule has 0 saturated carbocycles. The fourth-order valence-electron chi connectivity index (χ4n) is 2.10. The molecular weight excluding hydrogens is 292 g/mol. The quantitative estimate of drug-likeness (QED) is 0.576. The predicted octanol–water partition coefficient (Wildman–Crippen LogP) is 4.35. The Balaban J connectivity index is 1.80. The molecule has 0 spiro atoms. The van der Waals surface area contributed by atoms with Crippen molar-refractivity contribution < 1.29 is 0 Å². The number of anilines is 1. The Labute approximate surface area is 133 Å². The predicted molar refractivity (Wildman–Crippen MR) is 92.4 cm³/mol. The molecule has 2 heterocycles. The molecule has 4 nitrogen and oxygen atoms in total. The highest BCUT2D eigenvalue weighted by Crippen LogP contribution is 2.30. The van der Waals surface area contributed by atoms with Gasteiger partial charge in [0.1, 0.15) is 0 Å². The Morgan fingerprint density at radius 3 is 2.55 bits per heavy atom. The number of aryl methyl sites for hydroxylation is 1. The summed E-state index contributed by atoms with van der Waals surface area (Å²) >= 11 is 1.60. The third-order valence-electron chi connectivity index (χ3n) is 3.26. The Morgan fingerprint density at radius 2 is 1.82 bits per heavy atom. The lowest BCUT2D eigenvalue weighted by atomic mass is 10.1. The smallest absolute Gasteiger partial charge is 0.204 e. The number of hydrogen-bond acceptors (Lipinski definition) is 5. The summed E-state index contributed by atoms with van der Waals surface area (Å²) in [4.78, 5) is 9.81. The van der Waals surface area contributed by atoms with Crippen LogP contribution in [0.5, 0.6) is 0 Å². The van der Waals surface area contributed by atoms with Crippen molar-refractivity contribution >= 4 is 22.2 Å². The fourth-order valence-corrected chi connectivity index (χ4v) is 2.88. The number of aromatic nitrogens is 2. The van der Waals surface area contributed by atoms with E-state index < -0.39 is 0 Å². The van der Waals surface area contributed by atoms with Crippen LogP contribution in [-0.4, -0.2) is 15.7 Å². The van der Waals surface area contributed by atoms with E-state index in [0.29, 0.717) is 0 Å². The molecule has 3 rings (SSSR count). The van der Waals surface area contributed by atoms with E-state index in [9.17, 15) is 0 Å². The first-order chi connectivity index (χ1) is 10.7. The van der Waals surface area contributed by atoms with Gasteiger partial charge in [-0.1, -0.05) is 30.3 Å². The van der Waals surface area contributed by atoms with E-state index in [2.05, 4.69) is 39.6 Å². The largest absolute Gasteiger partial charge is 0.265 e. The molecule has 1 N–H and O–H groups in total. The molecule has 0 aliphatic rings. The van der Waals surface area contributed by atoms with Crippen molar-refractivity contribution in [1.29, 1.82) is 0 Å². The number of nitrogens with zero attached hydrogens (tertiary/aromatic N) is 3. The molecule has 0 saturated heterocycles. The third kappa shape index (κ3) is 3.20. The van der Waals surface area contributed by atoms with Crippen LogP contribution in [0.2, 0.25) is 0 Å². The van der Waals surface area contributed by atoms with Gasteiger partial charge in [-0.05, 0) is 26.0 Å². The summed E-state index contributed by atoms with van der Waals surface area (Å²) in [6.07, 6.45) is 3.52. The van der Waals surface area contributed by atoms with Crippen molar-refractivity contribution in [3.8, 4) is 11.3 Å². The SMILES string of the molecule is C/C(=N/Nc1nc(-c2ccccc2)c(C)s1)c1ccncc1. The summed E-state index contributed by atoms with van der Waals surface area (Å²) in [6, 6.07) is 14.0. The molecule has 5 heteroatoms. The third-order valence-corrected chi connectivity index (χ3v) is 4.14. The number of hydrazone groups is 1. The maximum atomic E-state index is 4.63. The van der Waals surface area contributed by atoms with Gasteiger partial charge < -0.3 is 0 Å². The zero-order chi connectivity index (χ0) is 15.4. The van der Waals surface area contributed by atoms with Crippen LogP contribution in [0.1, 0.15) is 17.4 Å². The first kappa shape index (κ1) is 14.4. The van der Waals surface area contributed by atoms with Gasteiger partial charge >= 0.3 is 0 Å². The van der Waals surface area contributed by atoms with Crippen LogP contribution >= 0.6 is 11.3 Å². The lowest BCUT2D eigenvalue weighted by molar-refractivity contribution is 1.26. The van der Waals surface area contributed by atoms with Gasteiger partial charge in [0.2, 0.25) is 5.13 Å². The zero-order valence-corrected chi connectivity index (χ0v) is 13.3. The summed E-state index contributed by atoms with van der Waals surface area (Å²) in [5.41, 5.74) is 7.12. The summed E-state index contributed by atoms with van der Waals surface area (Å²) in [6.45, 7) is 4.03. The number of hydrogen-bond donors (Lipinski definition) is 1. The number of benzene rings is 1. The molecule has 22 heavy (non-hydrogen) atoms. The Bertz CT molecular complexity index is 779.